The molecule has 104 valence electrons. The van der Waals surface area contributed by atoms with Gasteiger partial charge in [0.15, 0.2) is 0 Å². The Hall–Kier alpha value is -2.55. The summed E-state index contributed by atoms with van der Waals surface area (Å²) in [6, 6.07) is 6.62. The van der Waals surface area contributed by atoms with Crippen molar-refractivity contribution < 1.29 is 14.7 Å². The van der Waals surface area contributed by atoms with Crippen molar-refractivity contribution >= 4 is 17.6 Å². The first-order valence-corrected chi connectivity index (χ1v) is 6.30. The van der Waals surface area contributed by atoms with Gasteiger partial charge in [-0.3, -0.25) is 4.79 Å². The summed E-state index contributed by atoms with van der Waals surface area (Å²) in [4.78, 5) is 23.9. The van der Waals surface area contributed by atoms with Crippen LogP contribution in [0.1, 0.15) is 29.3 Å². The van der Waals surface area contributed by atoms with Crippen LogP contribution in [0.5, 0.6) is 0 Å². The lowest BCUT2D eigenvalue weighted by Crippen LogP contribution is -2.35. The van der Waals surface area contributed by atoms with Gasteiger partial charge in [0, 0.05) is 26.1 Å². The number of aromatic carboxylic acids is 1. The Balaban J connectivity index is 2.20. The van der Waals surface area contributed by atoms with Gasteiger partial charge in [-0.05, 0) is 24.6 Å². The average Bonchev–Trinajstić information content (AvgIpc) is 2.85. The third-order valence-electron chi connectivity index (χ3n) is 3.30. The number of hydrogen-bond donors (Lipinski definition) is 2. The highest BCUT2D eigenvalue weighted by Crippen LogP contribution is 2.25. The summed E-state index contributed by atoms with van der Waals surface area (Å²) >= 11 is 0. The van der Waals surface area contributed by atoms with Crippen molar-refractivity contribution in [2.75, 3.05) is 18.0 Å². The predicted octanol–water partition coefficient (Wildman–Crippen LogP) is 0.971. The first kappa shape index (κ1) is 13.9. The summed E-state index contributed by atoms with van der Waals surface area (Å²) in [5.74, 6) is -1.12. The highest BCUT2D eigenvalue weighted by molar-refractivity contribution is 5.89. The van der Waals surface area contributed by atoms with Crippen LogP contribution in [0.4, 0.5) is 5.69 Å². The van der Waals surface area contributed by atoms with Crippen molar-refractivity contribution in [1.82, 2.24) is 5.32 Å². The molecule has 1 amide bonds. The van der Waals surface area contributed by atoms with E-state index < -0.39 is 5.97 Å². The number of carbonyl (C=O) groups excluding carboxylic acids is 1. The van der Waals surface area contributed by atoms with Crippen LogP contribution in [-0.4, -0.2) is 36.1 Å². The minimum atomic E-state index is -1.05. The van der Waals surface area contributed by atoms with Crippen LogP contribution >= 0.6 is 0 Å². The van der Waals surface area contributed by atoms with E-state index in [0.717, 1.165) is 13.0 Å². The molecule has 1 saturated heterocycles. The third-order valence-corrected chi connectivity index (χ3v) is 3.30. The van der Waals surface area contributed by atoms with Gasteiger partial charge < -0.3 is 15.3 Å². The molecule has 0 spiro atoms. The molecule has 2 N–H and O–H groups in total. The molecule has 0 radical (unpaired) electrons. The van der Waals surface area contributed by atoms with Gasteiger partial charge in [-0.25, -0.2) is 4.79 Å². The molecular formula is C14H15N3O3. The molecule has 1 aromatic rings. The molecule has 2 rings (SSSR count). The van der Waals surface area contributed by atoms with Gasteiger partial charge in [0.05, 0.1) is 16.8 Å². The normalized spacial score (nSPS) is 17.6. The van der Waals surface area contributed by atoms with Gasteiger partial charge in [-0.1, -0.05) is 0 Å². The number of nitriles is 1. The van der Waals surface area contributed by atoms with Gasteiger partial charge in [0.25, 0.3) is 0 Å². The molecule has 0 aliphatic carbocycles. The Kier molecular flexibility index (Phi) is 3.89. The second kappa shape index (κ2) is 5.61. The molecule has 1 heterocycles. The number of benzene rings is 1. The summed E-state index contributed by atoms with van der Waals surface area (Å²) < 4.78 is 0. The molecule has 0 bridgehead atoms. The van der Waals surface area contributed by atoms with Crippen molar-refractivity contribution in [1.29, 1.82) is 5.26 Å². The molecule has 0 aromatic heterocycles. The van der Waals surface area contributed by atoms with Crippen LogP contribution in [0, 0.1) is 11.3 Å². The lowest BCUT2D eigenvalue weighted by atomic mass is 10.1. The van der Waals surface area contributed by atoms with Gasteiger partial charge in [0.1, 0.15) is 6.07 Å². The van der Waals surface area contributed by atoms with E-state index >= 15 is 0 Å². The van der Waals surface area contributed by atoms with E-state index in [1.807, 2.05) is 11.0 Å². The second-order valence-electron chi connectivity index (χ2n) is 4.78. The average molecular weight is 273 g/mol. The lowest BCUT2D eigenvalue weighted by Gasteiger charge is -2.20. The van der Waals surface area contributed by atoms with E-state index in [2.05, 4.69) is 5.32 Å². The van der Waals surface area contributed by atoms with Crippen LogP contribution in [-0.2, 0) is 4.79 Å². The summed E-state index contributed by atoms with van der Waals surface area (Å²) in [5, 5.41) is 20.9. The maximum Gasteiger partial charge on any atom is 0.335 e. The molecule has 1 atom stereocenters. The zero-order valence-corrected chi connectivity index (χ0v) is 11.1. The fourth-order valence-corrected chi connectivity index (χ4v) is 2.42. The van der Waals surface area contributed by atoms with E-state index in [1.54, 1.807) is 6.07 Å². The van der Waals surface area contributed by atoms with Gasteiger partial charge >= 0.3 is 5.97 Å². The van der Waals surface area contributed by atoms with Crippen LogP contribution < -0.4 is 10.2 Å². The van der Waals surface area contributed by atoms with Gasteiger partial charge in [-0.15, -0.1) is 0 Å². The summed E-state index contributed by atoms with van der Waals surface area (Å²) in [6.45, 7) is 2.83. The standard InChI is InChI=1S/C14H15N3O3/c1-9(18)16-12-4-5-17(8-12)13-3-2-10(14(19)20)6-11(13)7-15/h2-3,6,12H,4-5,8H2,1H3,(H,16,18)(H,19,20). The Labute approximate surface area is 116 Å². The SMILES string of the molecule is CC(=O)NC1CCN(c2ccc(C(=O)O)cc2C#N)C1. The molecule has 1 aliphatic heterocycles. The topological polar surface area (TPSA) is 93.4 Å². The van der Waals surface area contributed by atoms with E-state index in [1.165, 1.54) is 19.1 Å². The predicted molar refractivity (Wildman–Crippen MR) is 72.6 cm³/mol. The van der Waals surface area contributed by atoms with Crippen molar-refractivity contribution in [2.45, 2.75) is 19.4 Å². The lowest BCUT2D eigenvalue weighted by molar-refractivity contribution is -0.119. The zero-order valence-electron chi connectivity index (χ0n) is 11.1. The third kappa shape index (κ3) is 2.88. The van der Waals surface area contributed by atoms with Crippen molar-refractivity contribution in [3.63, 3.8) is 0 Å². The quantitative estimate of drug-likeness (QED) is 0.856. The van der Waals surface area contributed by atoms with Crippen LogP contribution in [0.25, 0.3) is 0 Å². The van der Waals surface area contributed by atoms with E-state index in [4.69, 9.17) is 10.4 Å². The number of carboxylic acids is 1. The molecule has 1 fully saturated rings. The number of nitrogens with zero attached hydrogens (tertiary/aromatic N) is 2. The Morgan fingerprint density at radius 2 is 2.25 bits per heavy atom. The maximum absolute atomic E-state index is 11.0. The Morgan fingerprint density at radius 1 is 1.50 bits per heavy atom. The second-order valence-corrected chi connectivity index (χ2v) is 4.78. The number of anilines is 1. The fourth-order valence-electron chi connectivity index (χ4n) is 2.42. The number of carboxylic acid groups (broad SMARTS) is 1. The van der Waals surface area contributed by atoms with Crippen LogP contribution in [0.2, 0.25) is 0 Å². The highest BCUT2D eigenvalue weighted by Gasteiger charge is 2.25. The first-order valence-electron chi connectivity index (χ1n) is 6.30. The molecule has 1 aliphatic rings. The molecular weight excluding hydrogens is 258 g/mol. The molecule has 6 nitrogen and oxygen atoms in total. The molecule has 0 saturated carbocycles. The smallest absolute Gasteiger partial charge is 0.335 e. The largest absolute Gasteiger partial charge is 0.478 e. The Morgan fingerprint density at radius 3 is 2.85 bits per heavy atom. The number of hydrogen-bond acceptors (Lipinski definition) is 4. The number of nitrogens with one attached hydrogen (secondary N) is 1. The van der Waals surface area contributed by atoms with Crippen LogP contribution in [0.3, 0.4) is 0 Å². The number of carbonyl (C=O) groups is 2. The fraction of sp³-hybridized carbons (Fsp3) is 0.357. The highest BCUT2D eigenvalue weighted by atomic mass is 16.4. The first-order chi connectivity index (χ1) is 9.51. The van der Waals surface area contributed by atoms with Crippen molar-refractivity contribution in [2.24, 2.45) is 0 Å². The molecule has 6 heteroatoms. The van der Waals surface area contributed by atoms with E-state index in [9.17, 15) is 9.59 Å². The van der Waals surface area contributed by atoms with Crippen LogP contribution in [0.15, 0.2) is 18.2 Å². The number of amides is 1. The molecule has 1 aromatic carbocycles. The number of rotatable bonds is 3. The Bertz CT molecular complexity index is 592. The molecule has 20 heavy (non-hydrogen) atoms. The van der Waals surface area contributed by atoms with E-state index in [-0.39, 0.29) is 17.5 Å². The maximum atomic E-state index is 11.0. The minimum absolute atomic E-state index is 0.0678. The zero-order chi connectivity index (χ0) is 14.7. The molecule has 1 unspecified atom stereocenters. The van der Waals surface area contributed by atoms with Gasteiger partial charge in [0.2, 0.25) is 5.91 Å². The summed E-state index contributed by atoms with van der Waals surface area (Å²) in [6.07, 6.45) is 0.811. The van der Waals surface area contributed by atoms with Gasteiger partial charge in [-0.2, -0.15) is 5.26 Å². The van der Waals surface area contributed by atoms with E-state index in [0.29, 0.717) is 17.8 Å². The monoisotopic (exact) mass is 273 g/mol. The summed E-state index contributed by atoms with van der Waals surface area (Å²) in [5.41, 5.74) is 1.15. The summed E-state index contributed by atoms with van der Waals surface area (Å²) in [7, 11) is 0. The van der Waals surface area contributed by atoms with Crippen molar-refractivity contribution in [3.05, 3.63) is 29.3 Å². The minimum Gasteiger partial charge on any atom is -0.478 e. The van der Waals surface area contributed by atoms with Crippen molar-refractivity contribution in [3.8, 4) is 6.07 Å².